The van der Waals surface area contributed by atoms with Gasteiger partial charge in [-0.25, -0.2) is 0 Å². The van der Waals surface area contributed by atoms with Crippen LogP contribution in [0.3, 0.4) is 0 Å². The molecule has 2 aromatic rings. The van der Waals surface area contributed by atoms with Crippen molar-refractivity contribution >= 4 is 28.5 Å². The average Bonchev–Trinajstić information content (AvgIpc) is 3.16. The number of likely N-dealkylation sites (tertiary alicyclic amines) is 1. The number of nitriles is 1. The number of carbonyl (C=O) groups is 3. The van der Waals surface area contributed by atoms with E-state index in [1.54, 1.807) is 39.1 Å². The minimum absolute atomic E-state index is 0.0176. The summed E-state index contributed by atoms with van der Waals surface area (Å²) in [5, 5.41) is 24.3. The Labute approximate surface area is 220 Å². The fourth-order valence-electron chi connectivity index (χ4n) is 5.54. The first kappa shape index (κ1) is 27.4. The lowest BCUT2D eigenvalue weighted by molar-refractivity contribution is -0.151. The van der Waals surface area contributed by atoms with Gasteiger partial charge in [-0.15, -0.1) is 0 Å². The Morgan fingerprint density at radius 1 is 1.16 bits per heavy atom. The second-order valence-electron chi connectivity index (χ2n) is 11.9. The van der Waals surface area contributed by atoms with Crippen LogP contribution in [0.15, 0.2) is 30.5 Å². The van der Waals surface area contributed by atoms with Crippen LogP contribution in [0.5, 0.6) is 0 Å². The number of piperidine rings is 1. The highest BCUT2D eigenvalue weighted by Crippen LogP contribution is 2.65. The summed E-state index contributed by atoms with van der Waals surface area (Å²) in [6.45, 7) is 9.69. The van der Waals surface area contributed by atoms with Crippen LogP contribution < -0.4 is 10.6 Å². The van der Waals surface area contributed by atoms with E-state index < -0.39 is 47.2 Å². The molecule has 38 heavy (non-hydrogen) atoms. The van der Waals surface area contributed by atoms with Gasteiger partial charge < -0.3 is 15.5 Å². The summed E-state index contributed by atoms with van der Waals surface area (Å²) in [4.78, 5) is 40.9. The van der Waals surface area contributed by atoms with Crippen LogP contribution >= 0.6 is 0 Å². The lowest BCUT2D eigenvalue weighted by Gasteiger charge is -2.38. The first-order valence-corrected chi connectivity index (χ1v) is 12.5. The number of hydrogen-bond donors (Lipinski definition) is 2. The molecule has 9 nitrogen and oxygen atoms in total. The molecule has 0 spiro atoms. The van der Waals surface area contributed by atoms with E-state index in [2.05, 4.69) is 26.9 Å². The van der Waals surface area contributed by atoms with Crippen LogP contribution in [0.1, 0.15) is 53.3 Å². The van der Waals surface area contributed by atoms with Gasteiger partial charge in [0.1, 0.15) is 17.8 Å². The van der Waals surface area contributed by atoms with Gasteiger partial charge in [0.05, 0.1) is 12.3 Å². The minimum atomic E-state index is -3.67. The first-order chi connectivity index (χ1) is 17.6. The van der Waals surface area contributed by atoms with Crippen molar-refractivity contribution < 1.29 is 23.2 Å². The maximum Gasteiger partial charge on any atom is 0.321 e. The zero-order valence-electron chi connectivity index (χ0n) is 22.3. The molecule has 2 aliphatic rings. The zero-order chi connectivity index (χ0) is 28.2. The van der Waals surface area contributed by atoms with E-state index >= 15 is 0 Å². The predicted molar refractivity (Wildman–Crippen MR) is 134 cm³/mol. The van der Waals surface area contributed by atoms with E-state index in [1.807, 2.05) is 26.0 Å². The third-order valence-corrected chi connectivity index (χ3v) is 7.84. The highest BCUT2D eigenvalue weighted by atomic mass is 19.3. The second kappa shape index (κ2) is 9.26. The molecule has 2 N–H and O–H groups in total. The molecule has 1 aromatic heterocycles. The quantitative estimate of drug-likeness (QED) is 0.596. The lowest BCUT2D eigenvalue weighted by atomic mass is 9.85. The first-order valence-electron chi connectivity index (χ1n) is 12.5. The number of halogens is 2. The van der Waals surface area contributed by atoms with Gasteiger partial charge in [0.2, 0.25) is 11.8 Å². The summed E-state index contributed by atoms with van der Waals surface area (Å²) in [5.74, 6) is -6.56. The van der Waals surface area contributed by atoms with E-state index in [0.717, 1.165) is 5.39 Å². The molecule has 1 aliphatic carbocycles. The highest BCUT2D eigenvalue weighted by Gasteiger charge is 2.70. The molecule has 1 unspecified atom stereocenters. The number of benzene rings is 1. The molecular weight excluding hydrogens is 494 g/mol. The van der Waals surface area contributed by atoms with Crippen molar-refractivity contribution in [3.63, 3.8) is 0 Å². The van der Waals surface area contributed by atoms with E-state index in [0.29, 0.717) is 12.3 Å². The zero-order valence-corrected chi connectivity index (χ0v) is 22.3. The average molecular weight is 527 g/mol. The maximum absolute atomic E-state index is 13.7. The van der Waals surface area contributed by atoms with Gasteiger partial charge >= 0.3 is 5.92 Å². The van der Waals surface area contributed by atoms with Gasteiger partial charge in [-0.05, 0) is 22.7 Å². The van der Waals surface area contributed by atoms with Crippen molar-refractivity contribution in [2.75, 3.05) is 6.54 Å². The van der Waals surface area contributed by atoms with Crippen molar-refractivity contribution in [1.82, 2.24) is 25.7 Å². The van der Waals surface area contributed by atoms with Gasteiger partial charge in [-0.2, -0.15) is 24.2 Å². The summed E-state index contributed by atoms with van der Waals surface area (Å²) < 4.78 is 27.4. The monoisotopic (exact) mass is 526 g/mol. The van der Waals surface area contributed by atoms with Crippen molar-refractivity contribution in [1.29, 1.82) is 5.26 Å². The Hall–Kier alpha value is -3.68. The molecule has 5 atom stereocenters. The molecule has 2 heterocycles. The van der Waals surface area contributed by atoms with Gasteiger partial charge in [-0.1, -0.05) is 58.9 Å². The van der Waals surface area contributed by atoms with Crippen LogP contribution in [0.25, 0.3) is 10.8 Å². The Morgan fingerprint density at radius 3 is 2.42 bits per heavy atom. The number of aromatic nitrogens is 2. The normalized spacial score (nSPS) is 23.7. The summed E-state index contributed by atoms with van der Waals surface area (Å²) in [6.07, 6.45) is 1.56. The summed E-state index contributed by atoms with van der Waals surface area (Å²) >= 11 is 0. The molecule has 2 fully saturated rings. The lowest BCUT2D eigenvalue weighted by Crippen LogP contribution is -2.60. The maximum atomic E-state index is 13.7. The van der Waals surface area contributed by atoms with Crippen LogP contribution in [-0.2, 0) is 14.4 Å². The fourth-order valence-corrected chi connectivity index (χ4v) is 5.54. The molecular formula is C27H32F2N6O3. The molecule has 0 radical (unpaired) electrons. The molecule has 202 valence electrons. The van der Waals surface area contributed by atoms with Gasteiger partial charge in [0, 0.05) is 24.2 Å². The van der Waals surface area contributed by atoms with Gasteiger partial charge in [0.15, 0.2) is 6.04 Å². The molecule has 1 saturated heterocycles. The topological polar surface area (TPSA) is 128 Å². The highest BCUT2D eigenvalue weighted by molar-refractivity contribution is 5.95. The third kappa shape index (κ3) is 4.79. The van der Waals surface area contributed by atoms with E-state index in [-0.39, 0.29) is 29.5 Å². The van der Waals surface area contributed by atoms with Gasteiger partial charge in [-0.3, -0.25) is 14.4 Å². The SMILES string of the molecule is CC(F)(F)C(=O)N[C@H](C(=O)N1C[C@H]2[C@@H]([C@H]1C(=O)NC(C#N)c1nncc3ccccc13)C2(C)C)C(C)(C)C. The number of nitrogens with zero attached hydrogens (tertiary/aromatic N) is 4. The van der Waals surface area contributed by atoms with Crippen molar-refractivity contribution in [3.8, 4) is 6.07 Å². The Morgan fingerprint density at radius 2 is 1.82 bits per heavy atom. The summed E-state index contributed by atoms with van der Waals surface area (Å²) in [5.41, 5.74) is -0.849. The van der Waals surface area contributed by atoms with E-state index in [4.69, 9.17) is 0 Å². The summed E-state index contributed by atoms with van der Waals surface area (Å²) in [7, 11) is 0. The fraction of sp³-hybridized carbons (Fsp3) is 0.556. The molecule has 11 heteroatoms. The Balaban J connectivity index is 1.63. The number of hydrogen-bond acceptors (Lipinski definition) is 6. The smallest absolute Gasteiger partial charge is 0.321 e. The second-order valence-corrected chi connectivity index (χ2v) is 11.9. The Bertz CT molecular complexity index is 1320. The van der Waals surface area contributed by atoms with E-state index in [1.165, 1.54) is 4.90 Å². The molecule has 1 aromatic carbocycles. The third-order valence-electron chi connectivity index (χ3n) is 7.84. The molecule has 0 bridgehead atoms. The molecule has 1 saturated carbocycles. The number of alkyl halides is 2. The number of fused-ring (bicyclic) bond motifs is 2. The largest absolute Gasteiger partial charge is 0.339 e. The van der Waals surface area contributed by atoms with Crippen molar-refractivity contribution in [2.45, 2.75) is 65.6 Å². The minimum Gasteiger partial charge on any atom is -0.339 e. The van der Waals surface area contributed by atoms with Crippen LogP contribution in [-0.4, -0.2) is 57.4 Å². The summed E-state index contributed by atoms with van der Waals surface area (Å²) in [6, 6.07) is 5.93. The van der Waals surface area contributed by atoms with Crippen LogP contribution in [0, 0.1) is 34.0 Å². The van der Waals surface area contributed by atoms with Crippen molar-refractivity contribution in [2.24, 2.45) is 22.7 Å². The number of nitrogens with one attached hydrogen (secondary N) is 2. The molecule has 1 aliphatic heterocycles. The molecule has 4 rings (SSSR count). The number of amides is 3. The van der Waals surface area contributed by atoms with Crippen molar-refractivity contribution in [3.05, 3.63) is 36.2 Å². The van der Waals surface area contributed by atoms with Crippen LogP contribution in [0.2, 0.25) is 0 Å². The Kier molecular flexibility index (Phi) is 6.66. The van der Waals surface area contributed by atoms with Crippen LogP contribution in [0.4, 0.5) is 8.78 Å². The number of rotatable bonds is 6. The standard InChI is InChI=1S/C27H32F2N6O3/c1-25(2,3)21(33-24(38)27(6,28)29)23(37)35-13-16-18(26(16,4)5)20(35)22(36)32-17(11-30)19-15-10-8-7-9-14(15)12-31-34-19/h7-10,12,16-18,20-21H,13H2,1-6H3,(H,32,36)(H,33,38)/t16-,17?,18-,20-,21+/m0/s1. The van der Waals surface area contributed by atoms with E-state index in [9.17, 15) is 28.4 Å². The number of carbonyl (C=O) groups excluding carboxylic acids is 3. The predicted octanol–water partition coefficient (Wildman–Crippen LogP) is 2.98. The van der Waals surface area contributed by atoms with Gasteiger partial charge in [0.25, 0.3) is 5.91 Å². The molecule has 3 amide bonds.